The van der Waals surface area contributed by atoms with Gasteiger partial charge in [-0.05, 0) is 87.5 Å². The predicted octanol–water partition coefficient (Wildman–Crippen LogP) is 9.15. The average molecular weight is 921 g/mol. The number of hydrogen-bond donors (Lipinski definition) is 2. The van der Waals surface area contributed by atoms with Crippen LogP contribution in [0, 0.1) is 17.5 Å². The summed E-state index contributed by atoms with van der Waals surface area (Å²) in [5.74, 6) is 0.838. The third-order valence-corrected chi connectivity index (χ3v) is 9.74. The molecule has 4 heterocycles. The van der Waals surface area contributed by atoms with E-state index < -0.39 is 15.7 Å². The highest BCUT2D eigenvalue weighted by Crippen LogP contribution is 2.17. The maximum absolute atomic E-state index is 13.5. The Morgan fingerprint density at radius 3 is 1.30 bits per heavy atom. The van der Waals surface area contributed by atoms with Crippen molar-refractivity contribution in [2.45, 2.75) is 51.9 Å². The number of carbonyl (C=O) groups is 2. The van der Waals surface area contributed by atoms with E-state index in [2.05, 4.69) is 24.3 Å². The summed E-state index contributed by atoms with van der Waals surface area (Å²) in [6, 6.07) is 32.4. The maximum atomic E-state index is 13.5. The first-order valence-corrected chi connectivity index (χ1v) is 21.1. The van der Waals surface area contributed by atoms with Crippen LogP contribution in [0.25, 0.3) is 0 Å². The van der Waals surface area contributed by atoms with Crippen molar-refractivity contribution in [1.29, 1.82) is 0 Å². The van der Waals surface area contributed by atoms with Crippen LogP contribution in [0.15, 0.2) is 151 Å². The van der Waals surface area contributed by atoms with Crippen LogP contribution in [-0.2, 0) is 37.4 Å². The number of ether oxygens (including phenoxy) is 3. The van der Waals surface area contributed by atoms with Gasteiger partial charge in [0.15, 0.2) is 12.6 Å². The van der Waals surface area contributed by atoms with Crippen molar-refractivity contribution in [2.24, 2.45) is 10.1 Å². The Labute approximate surface area is 382 Å². The standard InChI is InChI=1S/C17H19FN2O2S.C13H13FN2O.C13H10FNO2.C6H5NO2/c1-17(2,3)23(21)20-10-14-8-9-15(11-19-14)22-12-13-6-4-5-7-16(13)18;14-13-4-2-1-3-10(13)9-17-12-6-5-11(7-15)16-8-12;14-13-4-2-1-3-10(13)9-17-12-6-5-11(8-16)15-7-12;8-4-5-1-2-6(9)3-7-5/h4-11H,12H2,1-3H3;1-6,8H,7,9,15H2;1-8H,9H2;1-4,9H. The van der Waals surface area contributed by atoms with Gasteiger partial charge in [0, 0.05) is 23.2 Å². The minimum absolute atomic E-state index is 0.0700. The molecular formula is C49H47F3N6O7S. The highest BCUT2D eigenvalue weighted by Gasteiger charge is 2.18. The van der Waals surface area contributed by atoms with Crippen LogP contribution >= 0.6 is 0 Å². The minimum Gasteiger partial charge on any atom is -0.506 e. The maximum Gasteiger partial charge on any atom is 0.168 e. The van der Waals surface area contributed by atoms with E-state index in [9.17, 15) is 27.0 Å². The highest BCUT2D eigenvalue weighted by molar-refractivity contribution is 7.85. The van der Waals surface area contributed by atoms with Crippen LogP contribution in [0.3, 0.4) is 0 Å². The van der Waals surface area contributed by atoms with Crippen molar-refractivity contribution in [3.63, 3.8) is 0 Å². The van der Waals surface area contributed by atoms with Crippen LogP contribution in [0.2, 0.25) is 0 Å². The molecule has 1 unspecified atom stereocenters. The molecule has 3 aromatic carbocycles. The molecule has 1 atom stereocenters. The molecule has 17 heteroatoms. The topological polar surface area (TPSA) is 189 Å². The van der Waals surface area contributed by atoms with Crippen molar-refractivity contribution in [2.75, 3.05) is 0 Å². The monoisotopic (exact) mass is 920 g/mol. The fourth-order valence-electron chi connectivity index (χ4n) is 4.77. The largest absolute Gasteiger partial charge is 0.506 e. The molecule has 0 saturated heterocycles. The van der Waals surface area contributed by atoms with E-state index in [1.54, 1.807) is 97.2 Å². The number of rotatable bonds is 14. The molecule has 3 N–H and O–H groups in total. The summed E-state index contributed by atoms with van der Waals surface area (Å²) < 4.78 is 71.8. The molecule has 0 radical (unpaired) electrons. The van der Waals surface area contributed by atoms with Gasteiger partial charge in [-0.25, -0.2) is 27.3 Å². The third kappa shape index (κ3) is 18.2. The summed E-state index contributed by atoms with van der Waals surface area (Å²) in [4.78, 5) is 36.0. The first-order chi connectivity index (χ1) is 31.8. The lowest BCUT2D eigenvalue weighted by molar-refractivity contribution is 0.111. The van der Waals surface area contributed by atoms with Gasteiger partial charge >= 0.3 is 0 Å². The van der Waals surface area contributed by atoms with Crippen molar-refractivity contribution >= 4 is 29.8 Å². The number of pyridine rings is 4. The molecule has 13 nitrogen and oxygen atoms in total. The fraction of sp³-hybridized carbons (Fsp3) is 0.163. The van der Waals surface area contributed by atoms with Gasteiger partial charge in [-0.3, -0.25) is 19.6 Å². The summed E-state index contributed by atoms with van der Waals surface area (Å²) >= 11 is 0. The first-order valence-electron chi connectivity index (χ1n) is 19.9. The number of halogens is 3. The molecule has 7 aromatic rings. The van der Waals surface area contributed by atoms with Crippen LogP contribution in [0.1, 0.15) is 69.8 Å². The molecule has 0 aliphatic heterocycles. The van der Waals surface area contributed by atoms with Gasteiger partial charge in [0.05, 0.1) is 47.1 Å². The van der Waals surface area contributed by atoms with Crippen LogP contribution in [0.4, 0.5) is 13.2 Å². The van der Waals surface area contributed by atoms with Gasteiger partial charge < -0.3 is 25.1 Å². The summed E-state index contributed by atoms with van der Waals surface area (Å²) in [6.45, 7) is 6.42. The Hall–Kier alpha value is -7.63. The Bertz CT molecular complexity index is 2620. The van der Waals surface area contributed by atoms with Crippen molar-refractivity contribution < 1.29 is 46.3 Å². The molecule has 0 fully saturated rings. The molecular weight excluding hydrogens is 874 g/mol. The number of aldehydes is 2. The first kappa shape index (κ1) is 51.0. The fourth-order valence-corrected chi connectivity index (χ4v) is 5.29. The zero-order chi connectivity index (χ0) is 47.7. The van der Waals surface area contributed by atoms with Gasteiger partial charge in [0.25, 0.3) is 0 Å². The molecule has 0 saturated carbocycles. The summed E-state index contributed by atoms with van der Waals surface area (Å²) in [5.41, 5.74) is 8.96. The summed E-state index contributed by atoms with van der Waals surface area (Å²) in [5, 5.41) is 8.67. The number of aromatic hydroxyl groups is 1. The van der Waals surface area contributed by atoms with E-state index in [0.29, 0.717) is 70.1 Å². The van der Waals surface area contributed by atoms with E-state index >= 15 is 0 Å². The van der Waals surface area contributed by atoms with Gasteiger partial charge in [-0.1, -0.05) is 54.6 Å². The number of nitrogens with zero attached hydrogens (tertiary/aromatic N) is 5. The average Bonchev–Trinajstić information content (AvgIpc) is 3.33. The van der Waals surface area contributed by atoms with E-state index in [4.69, 9.17) is 25.1 Å². The Morgan fingerprint density at radius 2 is 0.970 bits per heavy atom. The van der Waals surface area contributed by atoms with Gasteiger partial charge in [-0.15, -0.1) is 0 Å². The molecule has 0 amide bonds. The Kier molecular flexibility index (Phi) is 20.8. The molecule has 0 aliphatic carbocycles. The second-order valence-electron chi connectivity index (χ2n) is 14.4. The third-order valence-electron chi connectivity index (χ3n) is 8.40. The van der Waals surface area contributed by atoms with Crippen molar-refractivity contribution in [3.8, 4) is 23.0 Å². The molecule has 0 aliphatic rings. The smallest absolute Gasteiger partial charge is 0.168 e. The van der Waals surface area contributed by atoms with Crippen molar-refractivity contribution in [3.05, 3.63) is 203 Å². The molecule has 4 aromatic heterocycles. The number of aromatic nitrogens is 4. The number of hydrogen-bond acceptors (Lipinski definition) is 12. The highest BCUT2D eigenvalue weighted by atomic mass is 32.2. The number of benzene rings is 3. The lowest BCUT2D eigenvalue weighted by Crippen LogP contribution is -2.19. The van der Waals surface area contributed by atoms with Crippen molar-refractivity contribution in [1.82, 2.24) is 19.9 Å². The molecule has 0 bridgehead atoms. The zero-order valence-electron chi connectivity index (χ0n) is 36.2. The van der Waals surface area contributed by atoms with Gasteiger partial charge in [0.2, 0.25) is 0 Å². The van der Waals surface area contributed by atoms with E-state index in [-0.39, 0.29) is 43.0 Å². The molecule has 342 valence electrons. The SMILES string of the molecule is CC(C)(C)S(=O)N=Cc1ccc(OCc2ccccc2F)cn1.NCc1ccc(OCc2ccccc2F)cn1.O=Cc1ccc(O)cn1.O=Cc1ccc(OCc2ccccc2F)cn1. The Morgan fingerprint density at radius 1 is 0.576 bits per heavy atom. The zero-order valence-corrected chi connectivity index (χ0v) is 37.0. The van der Waals surface area contributed by atoms with Crippen LogP contribution in [0.5, 0.6) is 23.0 Å². The summed E-state index contributed by atoms with van der Waals surface area (Å²) in [7, 11) is -1.32. The molecule has 66 heavy (non-hydrogen) atoms. The lowest BCUT2D eigenvalue weighted by atomic mass is 10.2. The predicted molar refractivity (Wildman–Crippen MR) is 245 cm³/mol. The Balaban J connectivity index is 0.000000200. The van der Waals surface area contributed by atoms with Crippen LogP contribution < -0.4 is 19.9 Å². The summed E-state index contributed by atoms with van der Waals surface area (Å²) in [6.07, 6.45) is 8.53. The number of carbonyl (C=O) groups excluding carboxylic acids is 2. The second-order valence-corrected chi connectivity index (χ2v) is 16.4. The number of nitrogens with two attached hydrogens (primary N) is 1. The van der Waals surface area contributed by atoms with E-state index in [1.165, 1.54) is 55.1 Å². The lowest BCUT2D eigenvalue weighted by Gasteiger charge is -2.12. The van der Waals surface area contributed by atoms with Gasteiger partial charge in [0.1, 0.15) is 82.6 Å². The molecule has 0 spiro atoms. The van der Waals surface area contributed by atoms with Gasteiger partial charge in [-0.2, -0.15) is 4.40 Å². The second kappa shape index (κ2) is 26.9. The quantitative estimate of drug-likeness (QED) is 0.0779. The van der Waals surface area contributed by atoms with E-state index in [1.807, 2.05) is 20.8 Å². The molecule has 7 rings (SSSR count). The van der Waals surface area contributed by atoms with Crippen LogP contribution in [-0.4, -0.2) is 52.8 Å². The normalized spacial score (nSPS) is 11.0. The van der Waals surface area contributed by atoms with E-state index in [0.717, 1.165) is 5.69 Å². The minimum atomic E-state index is -1.32.